The number of hydrogen-bond donors (Lipinski definition) is 1. The molecule has 1 heterocycles. The Bertz CT molecular complexity index is 833. The number of nitrogens with one attached hydrogen (secondary N) is 1. The second-order valence-electron chi connectivity index (χ2n) is 12.7. The number of ether oxygens (including phenoxy) is 2. The summed E-state index contributed by atoms with van der Waals surface area (Å²) >= 11 is 0. The Kier molecular flexibility index (Phi) is 8.86. The standard InChI is InChI=1S/C29H47NO3Si/c1-22-13-14-24(17-27(31)30-18-23-11-9-8-10-12-23)26(19-34(5,6)7)25(22)15-16-29(4)32-20-28(2,3)21-33-29/h8-12,19,22,24-25H,13-18,20-21H2,1-7H3,(H,30,31)/b26-19-/t22-,24+,25+/m1/s1. The Labute approximate surface area is 208 Å². The molecule has 1 aliphatic carbocycles. The fraction of sp³-hybridized carbons (Fsp3) is 0.690. The van der Waals surface area contributed by atoms with E-state index in [4.69, 9.17) is 9.47 Å². The lowest BCUT2D eigenvalue weighted by Crippen LogP contribution is -2.46. The van der Waals surface area contributed by atoms with E-state index < -0.39 is 13.9 Å². The maximum absolute atomic E-state index is 12.9. The quantitative estimate of drug-likeness (QED) is 0.415. The lowest BCUT2D eigenvalue weighted by molar-refractivity contribution is -0.293. The van der Waals surface area contributed by atoms with Gasteiger partial charge in [-0.3, -0.25) is 4.79 Å². The maximum atomic E-state index is 12.9. The van der Waals surface area contributed by atoms with Crippen LogP contribution in [-0.4, -0.2) is 33.0 Å². The molecule has 1 aromatic rings. The van der Waals surface area contributed by atoms with Gasteiger partial charge in [0.2, 0.25) is 5.91 Å². The largest absolute Gasteiger partial charge is 0.352 e. The fourth-order valence-corrected chi connectivity index (χ4v) is 6.74. The molecule has 5 heteroatoms. The Balaban J connectivity index is 1.68. The molecular formula is C29H47NO3Si. The monoisotopic (exact) mass is 485 g/mol. The van der Waals surface area contributed by atoms with Crippen LogP contribution in [0, 0.1) is 23.2 Å². The van der Waals surface area contributed by atoms with Crippen molar-refractivity contribution in [3.63, 3.8) is 0 Å². The molecule has 1 aliphatic heterocycles. The van der Waals surface area contributed by atoms with Crippen molar-refractivity contribution in [3.8, 4) is 0 Å². The molecule has 0 radical (unpaired) electrons. The Hall–Kier alpha value is -1.43. The molecule has 2 fully saturated rings. The summed E-state index contributed by atoms with van der Waals surface area (Å²) in [6.07, 6.45) is 4.82. The van der Waals surface area contributed by atoms with E-state index in [2.05, 4.69) is 70.5 Å². The van der Waals surface area contributed by atoms with E-state index in [1.807, 2.05) is 18.2 Å². The molecule has 3 rings (SSSR count). The third-order valence-corrected chi connectivity index (χ3v) is 8.57. The van der Waals surface area contributed by atoms with Gasteiger partial charge in [0, 0.05) is 24.8 Å². The van der Waals surface area contributed by atoms with Gasteiger partial charge in [0.05, 0.1) is 21.3 Å². The van der Waals surface area contributed by atoms with E-state index >= 15 is 0 Å². The number of carbonyl (C=O) groups excluding carboxylic acids is 1. The Morgan fingerprint density at radius 2 is 1.74 bits per heavy atom. The molecular weight excluding hydrogens is 438 g/mol. The van der Waals surface area contributed by atoms with E-state index in [1.54, 1.807) is 0 Å². The van der Waals surface area contributed by atoms with Gasteiger partial charge in [0.1, 0.15) is 0 Å². The first kappa shape index (κ1) is 27.2. The number of hydrogen-bond acceptors (Lipinski definition) is 3. The first-order valence-electron chi connectivity index (χ1n) is 13.2. The molecule has 3 atom stereocenters. The van der Waals surface area contributed by atoms with E-state index in [9.17, 15) is 4.79 Å². The third kappa shape index (κ3) is 8.06. The normalized spacial score (nSPS) is 28.0. The Morgan fingerprint density at radius 1 is 1.09 bits per heavy atom. The van der Waals surface area contributed by atoms with Crippen LogP contribution in [-0.2, 0) is 20.8 Å². The van der Waals surface area contributed by atoms with Crippen LogP contribution in [0.2, 0.25) is 19.6 Å². The zero-order chi connectivity index (χ0) is 25.0. The average molecular weight is 486 g/mol. The summed E-state index contributed by atoms with van der Waals surface area (Å²) in [6, 6.07) is 10.2. The highest BCUT2D eigenvalue weighted by atomic mass is 28.3. The first-order chi connectivity index (χ1) is 15.9. The summed E-state index contributed by atoms with van der Waals surface area (Å²) in [5, 5.41) is 3.16. The second-order valence-corrected chi connectivity index (χ2v) is 17.8. The van der Waals surface area contributed by atoms with Gasteiger partial charge in [-0.1, -0.05) is 82.0 Å². The summed E-state index contributed by atoms with van der Waals surface area (Å²) in [5.74, 6) is 1.11. The molecule has 34 heavy (non-hydrogen) atoms. The highest BCUT2D eigenvalue weighted by molar-refractivity contribution is 6.81. The zero-order valence-electron chi connectivity index (χ0n) is 22.6. The summed E-state index contributed by atoms with van der Waals surface area (Å²) in [5.41, 5.74) is 5.36. The molecule has 1 amide bonds. The minimum atomic E-state index is -1.44. The highest BCUT2D eigenvalue weighted by Gasteiger charge is 2.40. The molecule has 1 aromatic carbocycles. The smallest absolute Gasteiger partial charge is 0.220 e. The van der Waals surface area contributed by atoms with Crippen LogP contribution in [0.4, 0.5) is 0 Å². The van der Waals surface area contributed by atoms with Gasteiger partial charge in [-0.2, -0.15) is 0 Å². The van der Waals surface area contributed by atoms with Crippen molar-refractivity contribution >= 4 is 14.0 Å². The molecule has 190 valence electrons. The predicted octanol–water partition coefficient (Wildman–Crippen LogP) is 6.73. The molecule has 1 N–H and O–H groups in total. The number of allylic oxidation sites excluding steroid dienone is 1. The van der Waals surface area contributed by atoms with Crippen LogP contribution in [0.5, 0.6) is 0 Å². The van der Waals surface area contributed by atoms with E-state index in [1.165, 1.54) is 12.0 Å². The van der Waals surface area contributed by atoms with E-state index in [0.29, 0.717) is 30.7 Å². The molecule has 4 nitrogen and oxygen atoms in total. The summed E-state index contributed by atoms with van der Waals surface area (Å²) in [4.78, 5) is 12.9. The van der Waals surface area contributed by atoms with Crippen molar-refractivity contribution < 1.29 is 14.3 Å². The van der Waals surface area contributed by atoms with Gasteiger partial charge in [-0.05, 0) is 49.5 Å². The van der Waals surface area contributed by atoms with Crippen LogP contribution in [0.25, 0.3) is 0 Å². The van der Waals surface area contributed by atoms with Crippen LogP contribution < -0.4 is 5.32 Å². The van der Waals surface area contributed by atoms with E-state index in [-0.39, 0.29) is 11.3 Å². The second kappa shape index (κ2) is 11.1. The third-order valence-electron chi connectivity index (χ3n) is 7.37. The van der Waals surface area contributed by atoms with Crippen LogP contribution in [0.15, 0.2) is 41.6 Å². The number of benzene rings is 1. The maximum Gasteiger partial charge on any atom is 0.220 e. The minimum absolute atomic E-state index is 0.0821. The lowest BCUT2D eigenvalue weighted by Gasteiger charge is -2.44. The average Bonchev–Trinajstić information content (AvgIpc) is 2.76. The van der Waals surface area contributed by atoms with Crippen molar-refractivity contribution in [3.05, 3.63) is 47.2 Å². The van der Waals surface area contributed by atoms with Gasteiger partial charge in [0.25, 0.3) is 0 Å². The summed E-state index contributed by atoms with van der Waals surface area (Å²) < 4.78 is 12.4. The van der Waals surface area contributed by atoms with E-state index in [0.717, 1.165) is 38.0 Å². The fourth-order valence-electron chi connectivity index (χ4n) is 5.29. The van der Waals surface area contributed by atoms with Crippen LogP contribution >= 0.6 is 0 Å². The van der Waals surface area contributed by atoms with Gasteiger partial charge < -0.3 is 14.8 Å². The SMILES string of the molecule is C[C@@H]1CC[C@@H](CC(=O)NCc2ccccc2)/C(=C/[Si](C)(C)C)[C@H]1CCC1(C)OCC(C)(C)CO1. The van der Waals surface area contributed by atoms with Crippen molar-refractivity contribution in [2.45, 2.75) is 91.8 Å². The number of rotatable bonds is 8. The summed E-state index contributed by atoms with van der Waals surface area (Å²) in [7, 11) is -1.44. The predicted molar refractivity (Wildman–Crippen MR) is 143 cm³/mol. The molecule has 0 aromatic heterocycles. The van der Waals surface area contributed by atoms with Crippen LogP contribution in [0.1, 0.15) is 65.4 Å². The molecule has 0 bridgehead atoms. The summed E-state index contributed by atoms with van der Waals surface area (Å²) in [6.45, 7) is 18.2. The van der Waals surface area contributed by atoms with Gasteiger partial charge in [-0.15, -0.1) is 0 Å². The zero-order valence-corrected chi connectivity index (χ0v) is 23.6. The lowest BCUT2D eigenvalue weighted by atomic mass is 9.68. The van der Waals surface area contributed by atoms with Crippen molar-refractivity contribution in [2.24, 2.45) is 23.2 Å². The topological polar surface area (TPSA) is 47.6 Å². The van der Waals surface area contributed by atoms with Gasteiger partial charge in [-0.25, -0.2) is 0 Å². The Morgan fingerprint density at radius 3 is 2.35 bits per heavy atom. The van der Waals surface area contributed by atoms with Gasteiger partial charge in [0.15, 0.2) is 5.79 Å². The minimum Gasteiger partial charge on any atom is -0.352 e. The number of amides is 1. The molecule has 2 aliphatic rings. The van der Waals surface area contributed by atoms with Gasteiger partial charge >= 0.3 is 0 Å². The number of carbonyl (C=O) groups is 1. The molecule has 1 saturated heterocycles. The van der Waals surface area contributed by atoms with Crippen LogP contribution in [0.3, 0.4) is 0 Å². The molecule has 0 unspecified atom stereocenters. The molecule has 0 spiro atoms. The van der Waals surface area contributed by atoms with Crippen molar-refractivity contribution in [2.75, 3.05) is 13.2 Å². The first-order valence-corrected chi connectivity index (χ1v) is 16.7. The highest BCUT2D eigenvalue weighted by Crippen LogP contribution is 2.44. The molecule has 1 saturated carbocycles. The van der Waals surface area contributed by atoms with Crippen molar-refractivity contribution in [1.29, 1.82) is 0 Å². The van der Waals surface area contributed by atoms with Crippen molar-refractivity contribution in [1.82, 2.24) is 5.32 Å².